The van der Waals surface area contributed by atoms with Gasteiger partial charge in [0.2, 0.25) is 6.54 Å². The molecular formula is C26H25BrN4O3S. The van der Waals surface area contributed by atoms with Gasteiger partial charge in [-0.3, -0.25) is 14.7 Å². The topological polar surface area (TPSA) is 83.1 Å². The van der Waals surface area contributed by atoms with Crippen LogP contribution in [0.4, 0.5) is 0 Å². The van der Waals surface area contributed by atoms with E-state index >= 15 is 0 Å². The summed E-state index contributed by atoms with van der Waals surface area (Å²) in [4.78, 5) is 11.2. The summed E-state index contributed by atoms with van der Waals surface area (Å²) in [6.07, 6.45) is 0. The quantitative estimate of drug-likeness (QED) is 0.131. The first-order chi connectivity index (χ1) is 16.8. The number of rotatable bonds is 9. The fraction of sp³-hybridized carbons (Fsp3) is 0.231. The van der Waals surface area contributed by atoms with Gasteiger partial charge in [-0.25, -0.2) is 0 Å². The van der Waals surface area contributed by atoms with Gasteiger partial charge in [0.15, 0.2) is 5.16 Å². The van der Waals surface area contributed by atoms with Crippen LogP contribution in [0.2, 0.25) is 0 Å². The lowest BCUT2D eigenvalue weighted by Crippen LogP contribution is -2.11. The molecule has 0 bridgehead atoms. The largest absolute Gasteiger partial charge is 0.488 e. The number of hydrogen-bond donors (Lipinski definition) is 0. The molecule has 35 heavy (non-hydrogen) atoms. The van der Waals surface area contributed by atoms with Gasteiger partial charge in [0, 0.05) is 10.6 Å². The number of ether oxygens (including phenoxy) is 1. The summed E-state index contributed by atoms with van der Waals surface area (Å²) in [5.41, 5.74) is 5.13. The van der Waals surface area contributed by atoms with Crippen LogP contribution in [-0.4, -0.2) is 26.2 Å². The van der Waals surface area contributed by atoms with Crippen molar-refractivity contribution in [2.45, 2.75) is 37.8 Å². The maximum Gasteiger partial charge on any atom is 0.220 e. The van der Waals surface area contributed by atoms with Crippen LogP contribution in [0.1, 0.15) is 33.3 Å². The van der Waals surface area contributed by atoms with E-state index in [0.717, 1.165) is 32.7 Å². The van der Waals surface area contributed by atoms with Crippen LogP contribution < -0.4 is 4.74 Å². The zero-order valence-corrected chi connectivity index (χ0v) is 22.0. The Labute approximate surface area is 216 Å². The predicted molar refractivity (Wildman–Crippen MR) is 141 cm³/mol. The van der Waals surface area contributed by atoms with E-state index in [4.69, 9.17) is 4.74 Å². The molecule has 1 aromatic heterocycles. The number of aryl methyl sites for hydroxylation is 3. The third-order valence-electron chi connectivity index (χ3n) is 5.49. The fourth-order valence-corrected chi connectivity index (χ4v) is 5.24. The molecule has 0 unspecified atom stereocenters. The van der Waals surface area contributed by atoms with E-state index in [0.29, 0.717) is 17.5 Å². The molecule has 1 atom stereocenters. The zero-order chi connectivity index (χ0) is 24.9. The number of hydrogen-bond acceptors (Lipinski definition) is 6. The van der Waals surface area contributed by atoms with E-state index < -0.39 is 5.25 Å². The van der Waals surface area contributed by atoms with E-state index in [1.165, 1.54) is 17.3 Å². The van der Waals surface area contributed by atoms with Crippen molar-refractivity contribution in [1.29, 1.82) is 0 Å². The van der Waals surface area contributed by atoms with Crippen molar-refractivity contribution in [1.82, 2.24) is 14.8 Å². The van der Waals surface area contributed by atoms with Crippen LogP contribution in [0.3, 0.4) is 0 Å². The Balaban J connectivity index is 1.56. The van der Waals surface area contributed by atoms with Crippen molar-refractivity contribution in [2.24, 2.45) is 0 Å². The van der Waals surface area contributed by atoms with Crippen LogP contribution in [0.5, 0.6) is 5.75 Å². The summed E-state index contributed by atoms with van der Waals surface area (Å²) in [5.74, 6) is 1.40. The molecular weight excluding hydrogens is 528 g/mol. The summed E-state index contributed by atoms with van der Waals surface area (Å²) in [6, 6.07) is 21.8. The second-order valence-corrected chi connectivity index (χ2v) is 10.3. The minimum atomic E-state index is -0.458. The van der Waals surface area contributed by atoms with E-state index in [9.17, 15) is 10.1 Å². The number of nitro groups is 1. The molecule has 0 amide bonds. The van der Waals surface area contributed by atoms with E-state index in [1.807, 2.05) is 92.1 Å². The summed E-state index contributed by atoms with van der Waals surface area (Å²) in [6.45, 7) is 6.13. The highest BCUT2D eigenvalue weighted by molar-refractivity contribution is 9.10. The maximum atomic E-state index is 11.5. The zero-order valence-electron chi connectivity index (χ0n) is 19.6. The number of halogens is 1. The highest BCUT2D eigenvalue weighted by atomic mass is 79.9. The number of thioether (sulfide) groups is 1. The summed E-state index contributed by atoms with van der Waals surface area (Å²) < 4.78 is 8.64. The molecule has 9 heteroatoms. The van der Waals surface area contributed by atoms with Crippen molar-refractivity contribution in [3.8, 4) is 11.4 Å². The van der Waals surface area contributed by atoms with Crippen LogP contribution in [-0.2, 0) is 6.61 Å². The van der Waals surface area contributed by atoms with Gasteiger partial charge in [0.05, 0.1) is 4.47 Å². The number of aromatic nitrogens is 3. The van der Waals surface area contributed by atoms with Gasteiger partial charge in [0.1, 0.15) is 23.4 Å². The van der Waals surface area contributed by atoms with Crippen molar-refractivity contribution < 1.29 is 9.66 Å². The fourth-order valence-electron chi connectivity index (χ4n) is 3.56. The van der Waals surface area contributed by atoms with Crippen molar-refractivity contribution in [3.05, 3.63) is 109 Å². The average Bonchev–Trinajstić information content (AvgIpc) is 3.19. The first kappa shape index (κ1) is 24.9. The third-order valence-corrected chi connectivity index (χ3v) is 7.29. The lowest BCUT2D eigenvalue weighted by atomic mass is 10.1. The lowest BCUT2D eigenvalue weighted by molar-refractivity contribution is -0.479. The van der Waals surface area contributed by atoms with Crippen LogP contribution >= 0.6 is 27.7 Å². The van der Waals surface area contributed by atoms with Crippen LogP contribution in [0.15, 0.2) is 76.4 Å². The van der Waals surface area contributed by atoms with Gasteiger partial charge in [-0.15, -0.1) is 10.2 Å². The van der Waals surface area contributed by atoms with E-state index in [1.54, 1.807) is 0 Å². The summed E-state index contributed by atoms with van der Waals surface area (Å²) in [7, 11) is 0. The van der Waals surface area contributed by atoms with E-state index in [2.05, 4.69) is 26.1 Å². The van der Waals surface area contributed by atoms with Gasteiger partial charge < -0.3 is 4.74 Å². The van der Waals surface area contributed by atoms with Crippen LogP contribution in [0, 0.1) is 30.9 Å². The second-order valence-electron chi connectivity index (χ2n) is 8.29. The smallest absolute Gasteiger partial charge is 0.220 e. The summed E-state index contributed by atoms with van der Waals surface area (Å²) >= 11 is 4.91. The lowest BCUT2D eigenvalue weighted by Gasteiger charge is -2.16. The normalized spacial score (nSPS) is 11.9. The van der Waals surface area contributed by atoms with Crippen molar-refractivity contribution in [3.63, 3.8) is 0 Å². The summed E-state index contributed by atoms with van der Waals surface area (Å²) in [5, 5.41) is 20.2. The van der Waals surface area contributed by atoms with Crippen molar-refractivity contribution in [2.75, 3.05) is 6.54 Å². The Morgan fingerprint density at radius 2 is 1.66 bits per heavy atom. The Hall–Kier alpha value is -3.17. The molecule has 0 aliphatic carbocycles. The Bertz CT molecular complexity index is 1320. The Kier molecular flexibility index (Phi) is 7.87. The first-order valence-electron chi connectivity index (χ1n) is 11.1. The highest BCUT2D eigenvalue weighted by Gasteiger charge is 2.24. The molecule has 4 aromatic rings. The van der Waals surface area contributed by atoms with Crippen LogP contribution in [0.25, 0.3) is 5.69 Å². The predicted octanol–water partition coefficient (Wildman–Crippen LogP) is 6.64. The monoisotopic (exact) mass is 552 g/mol. The third kappa shape index (κ3) is 6.29. The average molecular weight is 553 g/mol. The Morgan fingerprint density at radius 1 is 1.00 bits per heavy atom. The van der Waals surface area contributed by atoms with Gasteiger partial charge in [0.25, 0.3) is 0 Å². The second kappa shape index (κ2) is 11.0. The molecule has 0 aliphatic heterocycles. The molecule has 180 valence electrons. The molecule has 4 rings (SSSR count). The molecule has 3 aromatic carbocycles. The highest BCUT2D eigenvalue weighted by Crippen LogP contribution is 2.38. The molecule has 0 fully saturated rings. The standard InChI is InChI=1S/C26H25BrN4O3S/c1-17-4-8-20(9-5-17)16-34-24-13-10-21(14-23(24)27)25(15-30(32)33)35-26-29-28-19(3)31(26)22-11-6-18(2)7-12-22/h4-14,25H,15-16H2,1-3H3/t25-/m1/s1. The van der Waals surface area contributed by atoms with E-state index in [-0.39, 0.29) is 11.5 Å². The van der Waals surface area contributed by atoms with Gasteiger partial charge in [-0.1, -0.05) is 65.4 Å². The number of nitrogens with zero attached hydrogens (tertiary/aromatic N) is 4. The van der Waals surface area contributed by atoms with Crippen molar-refractivity contribution >= 4 is 27.7 Å². The SMILES string of the molecule is Cc1ccc(COc2ccc([C@@H](C[N+](=O)[O-])Sc3nnc(C)n3-c3ccc(C)cc3)cc2Br)cc1. The molecule has 0 spiro atoms. The molecule has 0 N–H and O–H groups in total. The molecule has 0 saturated carbocycles. The Morgan fingerprint density at radius 3 is 2.29 bits per heavy atom. The first-order valence-corrected chi connectivity index (χ1v) is 12.7. The minimum Gasteiger partial charge on any atom is -0.488 e. The molecule has 1 heterocycles. The maximum absolute atomic E-state index is 11.5. The number of benzene rings is 3. The minimum absolute atomic E-state index is 0.250. The molecule has 0 saturated heterocycles. The molecule has 7 nitrogen and oxygen atoms in total. The molecule has 0 aliphatic rings. The molecule has 0 radical (unpaired) electrons. The van der Waals surface area contributed by atoms with Gasteiger partial charge in [-0.05, 0) is 72.1 Å². The van der Waals surface area contributed by atoms with Gasteiger partial charge in [-0.2, -0.15) is 0 Å². The van der Waals surface area contributed by atoms with Gasteiger partial charge >= 0.3 is 0 Å².